The van der Waals surface area contributed by atoms with Gasteiger partial charge in [0.1, 0.15) is 10.5 Å². The highest BCUT2D eigenvalue weighted by Crippen LogP contribution is 2.27. The maximum Gasteiger partial charge on any atom is 0.275 e. The first-order chi connectivity index (χ1) is 14.2. The van der Waals surface area contributed by atoms with Crippen molar-refractivity contribution in [2.24, 2.45) is 0 Å². The van der Waals surface area contributed by atoms with Gasteiger partial charge in [-0.15, -0.1) is 10.2 Å². The lowest BCUT2D eigenvalue weighted by molar-refractivity contribution is 0.789. The Kier molecular flexibility index (Phi) is 4.51. The van der Waals surface area contributed by atoms with E-state index in [0.29, 0.717) is 21.6 Å². The van der Waals surface area contributed by atoms with Crippen LogP contribution in [0.25, 0.3) is 27.0 Å². The fourth-order valence-electron chi connectivity index (χ4n) is 3.32. The molecule has 0 radical (unpaired) electrons. The van der Waals surface area contributed by atoms with Crippen LogP contribution in [0.5, 0.6) is 0 Å². The van der Waals surface area contributed by atoms with Gasteiger partial charge in [0.15, 0.2) is 5.65 Å². The van der Waals surface area contributed by atoms with Gasteiger partial charge in [0.25, 0.3) is 5.56 Å². The maximum absolute atomic E-state index is 12.3. The van der Waals surface area contributed by atoms with Crippen LogP contribution < -0.4 is 5.56 Å². The van der Waals surface area contributed by atoms with E-state index < -0.39 is 0 Å². The van der Waals surface area contributed by atoms with Crippen LogP contribution in [0.4, 0.5) is 0 Å². The van der Waals surface area contributed by atoms with Crippen LogP contribution in [-0.2, 0) is 18.7 Å². The molecule has 5 rings (SSSR count). The number of hydrogen-bond acceptors (Lipinski definition) is 8. The standard InChI is InChI=1S/C19H17N7OS2/c1-3-14-24-26-15(27)9-11(20-19(26)29-14)10-28-18-21-17-16(22-23-18)12-7-5-6-8-13(12)25(17)4-2/h5-9H,3-4,10H2,1-2H3. The normalized spacial score (nSPS) is 11.8. The summed E-state index contributed by atoms with van der Waals surface area (Å²) in [4.78, 5) is 22.2. The van der Waals surface area contributed by atoms with Gasteiger partial charge in [-0.3, -0.25) is 4.79 Å². The molecule has 0 amide bonds. The van der Waals surface area contributed by atoms with E-state index in [9.17, 15) is 4.79 Å². The minimum atomic E-state index is -0.165. The molecule has 1 aromatic carbocycles. The Balaban J connectivity index is 1.48. The van der Waals surface area contributed by atoms with Crippen LogP contribution in [0.3, 0.4) is 0 Å². The fourth-order valence-corrected chi connectivity index (χ4v) is 4.85. The lowest BCUT2D eigenvalue weighted by Crippen LogP contribution is -2.15. The SMILES string of the molecule is CCc1nn2c(=O)cc(CSc3nnc4c5ccccc5n(CC)c4n3)nc2s1. The molecule has 0 saturated heterocycles. The van der Waals surface area contributed by atoms with E-state index in [1.54, 1.807) is 0 Å². The molecule has 0 fully saturated rings. The van der Waals surface area contributed by atoms with Crippen LogP contribution >= 0.6 is 23.1 Å². The highest BCUT2D eigenvalue weighted by Gasteiger charge is 2.14. The molecule has 146 valence electrons. The summed E-state index contributed by atoms with van der Waals surface area (Å²) in [5, 5.41) is 15.5. The Labute approximate surface area is 173 Å². The summed E-state index contributed by atoms with van der Waals surface area (Å²) < 4.78 is 3.51. The van der Waals surface area contributed by atoms with Crippen molar-refractivity contribution in [1.29, 1.82) is 0 Å². The highest BCUT2D eigenvalue weighted by molar-refractivity contribution is 7.98. The number of benzene rings is 1. The van der Waals surface area contributed by atoms with E-state index in [-0.39, 0.29) is 5.56 Å². The number of aryl methyl sites for hydroxylation is 2. The molecule has 0 aliphatic carbocycles. The van der Waals surface area contributed by atoms with E-state index in [0.717, 1.165) is 40.0 Å². The second-order valence-electron chi connectivity index (χ2n) is 6.45. The number of para-hydroxylation sites is 1. The third-order valence-corrected chi connectivity index (χ3v) is 6.59. The number of fused-ring (bicyclic) bond motifs is 4. The molecule has 0 aliphatic rings. The van der Waals surface area contributed by atoms with Crippen molar-refractivity contribution >= 4 is 50.1 Å². The van der Waals surface area contributed by atoms with Gasteiger partial charge in [-0.05, 0) is 19.4 Å². The summed E-state index contributed by atoms with van der Waals surface area (Å²) in [6, 6.07) is 9.64. The summed E-state index contributed by atoms with van der Waals surface area (Å²) in [5.74, 6) is 0.491. The second-order valence-corrected chi connectivity index (χ2v) is 8.43. The molecule has 0 spiro atoms. The van der Waals surface area contributed by atoms with Gasteiger partial charge in [-0.1, -0.05) is 48.2 Å². The third-order valence-electron chi connectivity index (χ3n) is 4.66. The van der Waals surface area contributed by atoms with Gasteiger partial charge < -0.3 is 4.57 Å². The van der Waals surface area contributed by atoms with E-state index in [2.05, 4.69) is 37.8 Å². The first kappa shape index (κ1) is 18.2. The van der Waals surface area contributed by atoms with Crippen LogP contribution in [0, 0.1) is 0 Å². The number of hydrogen-bond donors (Lipinski definition) is 0. The summed E-state index contributed by atoms with van der Waals surface area (Å²) in [6.45, 7) is 4.90. The monoisotopic (exact) mass is 423 g/mol. The number of thioether (sulfide) groups is 1. The van der Waals surface area contributed by atoms with Gasteiger partial charge in [0.2, 0.25) is 10.1 Å². The van der Waals surface area contributed by atoms with Crippen LogP contribution in [0.1, 0.15) is 24.5 Å². The predicted molar refractivity (Wildman–Crippen MR) is 115 cm³/mol. The zero-order valence-corrected chi connectivity index (χ0v) is 17.5. The van der Waals surface area contributed by atoms with Gasteiger partial charge >= 0.3 is 0 Å². The van der Waals surface area contributed by atoms with E-state index >= 15 is 0 Å². The maximum atomic E-state index is 12.3. The third kappa shape index (κ3) is 3.08. The second kappa shape index (κ2) is 7.20. The Morgan fingerprint density at radius 2 is 2.00 bits per heavy atom. The number of nitrogens with zero attached hydrogens (tertiary/aromatic N) is 7. The summed E-state index contributed by atoms with van der Waals surface area (Å²) >= 11 is 2.86. The van der Waals surface area contributed by atoms with Crippen molar-refractivity contribution in [3.63, 3.8) is 0 Å². The van der Waals surface area contributed by atoms with Crippen LogP contribution in [0.15, 0.2) is 40.3 Å². The van der Waals surface area contributed by atoms with Crippen LogP contribution in [0.2, 0.25) is 0 Å². The molecule has 4 heterocycles. The van der Waals surface area contributed by atoms with Gasteiger partial charge in [-0.2, -0.15) is 9.61 Å². The number of aromatic nitrogens is 7. The molecule has 4 aromatic heterocycles. The Hall–Kier alpha value is -2.85. The zero-order chi connectivity index (χ0) is 20.0. The Morgan fingerprint density at radius 3 is 2.83 bits per heavy atom. The van der Waals surface area contributed by atoms with E-state index in [1.165, 1.54) is 33.7 Å². The molecule has 0 atom stereocenters. The Morgan fingerprint density at radius 1 is 1.14 bits per heavy atom. The Bertz CT molecular complexity index is 1420. The molecule has 29 heavy (non-hydrogen) atoms. The molecular weight excluding hydrogens is 406 g/mol. The number of rotatable bonds is 5. The van der Waals surface area contributed by atoms with Crippen molar-refractivity contribution in [3.05, 3.63) is 51.4 Å². The smallest absolute Gasteiger partial charge is 0.275 e. The molecule has 0 aliphatic heterocycles. The minimum absolute atomic E-state index is 0.165. The molecule has 5 aromatic rings. The molecule has 0 bridgehead atoms. The topological polar surface area (TPSA) is 90.9 Å². The summed E-state index contributed by atoms with van der Waals surface area (Å²) in [6.07, 6.45) is 0.780. The minimum Gasteiger partial charge on any atom is -0.324 e. The predicted octanol–water partition coefficient (Wildman–Crippen LogP) is 3.32. The lowest BCUT2D eigenvalue weighted by atomic mass is 10.2. The van der Waals surface area contributed by atoms with Crippen molar-refractivity contribution in [2.45, 2.75) is 37.7 Å². The molecule has 0 unspecified atom stereocenters. The first-order valence-electron chi connectivity index (χ1n) is 9.31. The van der Waals surface area contributed by atoms with Crippen molar-refractivity contribution in [2.75, 3.05) is 0 Å². The molecule has 0 saturated carbocycles. The largest absolute Gasteiger partial charge is 0.324 e. The van der Waals surface area contributed by atoms with Crippen molar-refractivity contribution in [1.82, 2.24) is 34.3 Å². The molecule has 8 nitrogen and oxygen atoms in total. The molecular formula is C19H17N7OS2. The van der Waals surface area contributed by atoms with E-state index in [1.807, 2.05) is 25.1 Å². The van der Waals surface area contributed by atoms with Crippen LogP contribution in [-0.4, -0.2) is 34.3 Å². The average Bonchev–Trinajstić information content (AvgIpc) is 3.30. The van der Waals surface area contributed by atoms with Gasteiger partial charge in [0.05, 0.1) is 11.2 Å². The summed E-state index contributed by atoms with van der Waals surface area (Å²) in [7, 11) is 0. The van der Waals surface area contributed by atoms with Crippen molar-refractivity contribution in [3.8, 4) is 0 Å². The van der Waals surface area contributed by atoms with Gasteiger partial charge in [-0.25, -0.2) is 9.97 Å². The molecule has 10 heteroatoms. The fraction of sp³-hybridized carbons (Fsp3) is 0.263. The average molecular weight is 424 g/mol. The first-order valence-corrected chi connectivity index (χ1v) is 11.1. The molecule has 0 N–H and O–H groups in total. The highest BCUT2D eigenvalue weighted by atomic mass is 32.2. The van der Waals surface area contributed by atoms with Crippen molar-refractivity contribution < 1.29 is 0 Å². The lowest BCUT2D eigenvalue weighted by Gasteiger charge is -2.03. The van der Waals surface area contributed by atoms with E-state index in [4.69, 9.17) is 4.98 Å². The zero-order valence-electron chi connectivity index (χ0n) is 15.9. The summed E-state index contributed by atoms with van der Waals surface area (Å²) in [5.41, 5.74) is 3.25. The quantitative estimate of drug-likeness (QED) is 0.401. The van der Waals surface area contributed by atoms with Gasteiger partial charge in [0, 0.05) is 23.8 Å².